The largest absolute Gasteiger partial charge is 0.508 e. The standard InChI is InChI=1S/C20H22N2O2/c1-13-6-7-18(24)19-15-8-10-22(11-9-16(15)21-20(13)19)12-14-4-2-3-5-17(14)23/h2-7,21,23-24H,8-12H2,1H3. The van der Waals surface area contributed by atoms with E-state index in [4.69, 9.17) is 0 Å². The van der Waals surface area contributed by atoms with Crippen LogP contribution in [-0.2, 0) is 19.4 Å². The quantitative estimate of drug-likeness (QED) is 0.677. The smallest absolute Gasteiger partial charge is 0.125 e. The normalized spacial score (nSPS) is 15.4. The van der Waals surface area contributed by atoms with Crippen LogP contribution < -0.4 is 0 Å². The number of nitrogens with zero attached hydrogens (tertiary/aromatic N) is 1. The Hall–Kier alpha value is -2.46. The lowest BCUT2D eigenvalue weighted by molar-refractivity contribution is 0.274. The number of nitrogens with one attached hydrogen (secondary N) is 1. The summed E-state index contributed by atoms with van der Waals surface area (Å²) in [4.78, 5) is 5.89. The number of H-pyrrole nitrogens is 1. The van der Waals surface area contributed by atoms with E-state index >= 15 is 0 Å². The highest BCUT2D eigenvalue weighted by Gasteiger charge is 2.21. The van der Waals surface area contributed by atoms with Gasteiger partial charge in [0, 0.05) is 42.7 Å². The minimum atomic E-state index is 0.360. The Morgan fingerprint density at radius 1 is 1.00 bits per heavy atom. The number of hydrogen-bond donors (Lipinski definition) is 3. The summed E-state index contributed by atoms with van der Waals surface area (Å²) in [6.07, 6.45) is 1.83. The van der Waals surface area contributed by atoms with E-state index in [-0.39, 0.29) is 0 Å². The van der Waals surface area contributed by atoms with Crippen molar-refractivity contribution in [1.82, 2.24) is 9.88 Å². The van der Waals surface area contributed by atoms with Crippen molar-refractivity contribution in [2.45, 2.75) is 26.3 Å². The predicted octanol–water partition coefficient (Wildman–Crippen LogP) is 3.49. The molecule has 124 valence electrons. The average molecular weight is 322 g/mol. The van der Waals surface area contributed by atoms with Gasteiger partial charge in [0.05, 0.1) is 5.52 Å². The molecule has 0 aliphatic carbocycles. The molecule has 0 fully saturated rings. The van der Waals surface area contributed by atoms with Crippen molar-refractivity contribution in [3.8, 4) is 11.5 Å². The van der Waals surface area contributed by atoms with Gasteiger partial charge in [0.1, 0.15) is 11.5 Å². The van der Waals surface area contributed by atoms with Crippen LogP contribution in [0, 0.1) is 6.92 Å². The van der Waals surface area contributed by atoms with Gasteiger partial charge in [0.15, 0.2) is 0 Å². The van der Waals surface area contributed by atoms with E-state index in [1.165, 1.54) is 16.8 Å². The van der Waals surface area contributed by atoms with Gasteiger partial charge in [0.2, 0.25) is 0 Å². The number of benzene rings is 2. The molecule has 3 N–H and O–H groups in total. The van der Waals surface area contributed by atoms with Gasteiger partial charge >= 0.3 is 0 Å². The second-order valence-electron chi connectivity index (χ2n) is 6.64. The molecule has 0 saturated carbocycles. The first kappa shape index (κ1) is 15.1. The molecule has 0 radical (unpaired) electrons. The molecule has 2 heterocycles. The highest BCUT2D eigenvalue weighted by atomic mass is 16.3. The number of aromatic amines is 1. The first-order valence-electron chi connectivity index (χ1n) is 8.44. The first-order valence-corrected chi connectivity index (χ1v) is 8.44. The Kier molecular flexibility index (Phi) is 3.69. The zero-order chi connectivity index (χ0) is 16.7. The highest BCUT2D eigenvalue weighted by molar-refractivity contribution is 5.92. The van der Waals surface area contributed by atoms with E-state index in [0.29, 0.717) is 11.5 Å². The molecule has 4 heteroatoms. The molecule has 0 unspecified atom stereocenters. The van der Waals surface area contributed by atoms with Gasteiger partial charge in [-0.25, -0.2) is 0 Å². The van der Waals surface area contributed by atoms with Crippen molar-refractivity contribution < 1.29 is 10.2 Å². The van der Waals surface area contributed by atoms with Gasteiger partial charge in [0.25, 0.3) is 0 Å². The SMILES string of the molecule is Cc1ccc(O)c2c3c([nH]c12)CCN(Cc1ccccc1O)CC3. The fraction of sp³-hybridized carbons (Fsp3) is 0.300. The Balaban J connectivity index is 1.61. The van der Waals surface area contributed by atoms with Gasteiger partial charge in [-0.2, -0.15) is 0 Å². The Morgan fingerprint density at radius 3 is 2.62 bits per heavy atom. The third-order valence-corrected chi connectivity index (χ3v) is 5.08. The van der Waals surface area contributed by atoms with Crippen molar-refractivity contribution in [2.24, 2.45) is 0 Å². The predicted molar refractivity (Wildman–Crippen MR) is 95.5 cm³/mol. The van der Waals surface area contributed by atoms with Crippen LogP contribution in [0.2, 0.25) is 0 Å². The average Bonchev–Trinajstić information content (AvgIpc) is 2.85. The molecule has 4 rings (SSSR count). The summed E-state index contributed by atoms with van der Waals surface area (Å²) in [5.41, 5.74) is 5.67. The zero-order valence-corrected chi connectivity index (χ0v) is 13.8. The van der Waals surface area contributed by atoms with E-state index in [1.807, 2.05) is 24.3 Å². The van der Waals surface area contributed by atoms with Crippen LogP contribution in [0.25, 0.3) is 10.9 Å². The lowest BCUT2D eigenvalue weighted by Crippen LogP contribution is -2.26. The molecule has 24 heavy (non-hydrogen) atoms. The van der Waals surface area contributed by atoms with Crippen LogP contribution in [0.4, 0.5) is 0 Å². The lowest BCUT2D eigenvalue weighted by atomic mass is 10.0. The highest BCUT2D eigenvalue weighted by Crippen LogP contribution is 2.34. The third kappa shape index (κ3) is 2.53. The zero-order valence-electron chi connectivity index (χ0n) is 13.8. The fourth-order valence-corrected chi connectivity index (χ4v) is 3.72. The van der Waals surface area contributed by atoms with E-state index in [9.17, 15) is 10.2 Å². The number of phenols is 2. The van der Waals surface area contributed by atoms with E-state index < -0.39 is 0 Å². The van der Waals surface area contributed by atoms with Crippen LogP contribution in [0.3, 0.4) is 0 Å². The summed E-state index contributed by atoms with van der Waals surface area (Å²) in [5.74, 6) is 0.723. The number of rotatable bonds is 2. The molecule has 4 nitrogen and oxygen atoms in total. The summed E-state index contributed by atoms with van der Waals surface area (Å²) in [6, 6.07) is 11.3. The molecule has 1 aliphatic rings. The summed E-state index contributed by atoms with van der Waals surface area (Å²) in [5, 5.41) is 21.3. The van der Waals surface area contributed by atoms with Gasteiger partial charge in [-0.05, 0) is 36.6 Å². The minimum absolute atomic E-state index is 0.360. The van der Waals surface area contributed by atoms with E-state index in [1.54, 1.807) is 12.1 Å². The van der Waals surface area contributed by atoms with Crippen molar-refractivity contribution >= 4 is 10.9 Å². The van der Waals surface area contributed by atoms with E-state index in [2.05, 4.69) is 16.8 Å². The minimum Gasteiger partial charge on any atom is -0.508 e. The van der Waals surface area contributed by atoms with E-state index in [0.717, 1.165) is 48.9 Å². The molecule has 3 aromatic rings. The number of aromatic hydroxyl groups is 2. The van der Waals surface area contributed by atoms with Gasteiger partial charge < -0.3 is 15.2 Å². The molecule has 1 aliphatic heterocycles. The van der Waals surface area contributed by atoms with Crippen molar-refractivity contribution in [3.63, 3.8) is 0 Å². The third-order valence-electron chi connectivity index (χ3n) is 5.08. The van der Waals surface area contributed by atoms with Crippen molar-refractivity contribution in [3.05, 3.63) is 58.8 Å². The monoisotopic (exact) mass is 322 g/mol. The number of aryl methyl sites for hydroxylation is 1. The van der Waals surface area contributed by atoms with Gasteiger partial charge in [-0.3, -0.25) is 4.90 Å². The van der Waals surface area contributed by atoms with Crippen LogP contribution >= 0.6 is 0 Å². The topological polar surface area (TPSA) is 59.5 Å². The van der Waals surface area contributed by atoms with Gasteiger partial charge in [-0.15, -0.1) is 0 Å². The van der Waals surface area contributed by atoms with Crippen molar-refractivity contribution in [2.75, 3.05) is 13.1 Å². The molecule has 0 spiro atoms. The maximum atomic E-state index is 10.3. The molecular weight excluding hydrogens is 300 g/mol. The first-order chi connectivity index (χ1) is 11.6. The maximum Gasteiger partial charge on any atom is 0.125 e. The second-order valence-corrected chi connectivity index (χ2v) is 6.64. The molecule has 0 saturated heterocycles. The maximum absolute atomic E-state index is 10.3. The number of hydrogen-bond acceptors (Lipinski definition) is 3. The molecule has 1 aromatic heterocycles. The molecular formula is C20H22N2O2. The van der Waals surface area contributed by atoms with Crippen LogP contribution in [0.1, 0.15) is 22.4 Å². The number of para-hydroxylation sites is 1. The lowest BCUT2D eigenvalue weighted by Gasteiger charge is -2.20. The number of phenolic OH excluding ortho intramolecular Hbond substituents is 2. The summed E-state index contributed by atoms with van der Waals surface area (Å²) >= 11 is 0. The number of fused-ring (bicyclic) bond motifs is 3. The summed E-state index contributed by atoms with van der Waals surface area (Å²) in [6.45, 7) is 4.68. The molecule has 2 aromatic carbocycles. The molecule has 0 bridgehead atoms. The Morgan fingerprint density at radius 2 is 1.79 bits per heavy atom. The van der Waals surface area contributed by atoms with Crippen LogP contribution in [0.5, 0.6) is 11.5 Å². The Labute approximate surface area is 141 Å². The molecule has 0 atom stereocenters. The number of aromatic nitrogens is 1. The molecule has 0 amide bonds. The van der Waals surface area contributed by atoms with Crippen molar-refractivity contribution in [1.29, 1.82) is 0 Å². The van der Waals surface area contributed by atoms with Crippen LogP contribution in [-0.4, -0.2) is 33.2 Å². The Bertz CT molecular complexity index is 898. The van der Waals surface area contributed by atoms with Crippen LogP contribution in [0.15, 0.2) is 36.4 Å². The summed E-state index contributed by atoms with van der Waals surface area (Å²) in [7, 11) is 0. The fourth-order valence-electron chi connectivity index (χ4n) is 3.72. The van der Waals surface area contributed by atoms with Gasteiger partial charge in [-0.1, -0.05) is 24.3 Å². The summed E-state index contributed by atoms with van der Waals surface area (Å²) < 4.78 is 0. The second kappa shape index (κ2) is 5.87.